The Morgan fingerprint density at radius 1 is 0.914 bits per heavy atom. The second kappa shape index (κ2) is 15.6. The lowest BCUT2D eigenvalue weighted by molar-refractivity contribution is -0.118. The van der Waals surface area contributed by atoms with Crippen molar-refractivity contribution in [2.24, 2.45) is 0 Å². The molecule has 0 saturated carbocycles. The van der Waals surface area contributed by atoms with Gasteiger partial charge in [-0.25, -0.2) is 0 Å². The number of aromatic nitrogens is 2. The van der Waals surface area contributed by atoms with Gasteiger partial charge in [-0.2, -0.15) is 0 Å². The molecule has 0 spiro atoms. The number of benzene rings is 1. The number of amides is 1. The Morgan fingerprint density at radius 2 is 1.71 bits per heavy atom. The second-order valence-corrected chi connectivity index (χ2v) is 8.15. The summed E-state index contributed by atoms with van der Waals surface area (Å²) >= 11 is 0. The molecular weight excluding hydrogens is 507 g/mol. The fraction of sp³-hybridized carbons (Fsp3) is 0.346. The van der Waals surface area contributed by atoms with Gasteiger partial charge in [0.25, 0.3) is 0 Å². The summed E-state index contributed by atoms with van der Waals surface area (Å²) in [5.41, 5.74) is 4.62. The zero-order chi connectivity index (χ0) is 22.2. The maximum absolute atomic E-state index is 12.0. The van der Waals surface area contributed by atoms with Crippen molar-refractivity contribution in [3.05, 3.63) is 83.9 Å². The summed E-state index contributed by atoms with van der Waals surface area (Å²) in [4.78, 5) is 24.5. The maximum Gasteiger partial charge on any atom is 0.227 e. The van der Waals surface area contributed by atoms with E-state index in [0.717, 1.165) is 55.9 Å². The minimum atomic E-state index is 0. The van der Waals surface area contributed by atoms with E-state index in [1.54, 1.807) is 4.90 Å². The average Bonchev–Trinajstić information content (AvgIpc) is 2.84. The monoisotopic (exact) mass is 538 g/mol. The number of halogens is 3. The van der Waals surface area contributed by atoms with Crippen molar-refractivity contribution in [1.29, 1.82) is 0 Å². The highest BCUT2D eigenvalue weighted by Gasteiger charge is 2.23. The van der Waals surface area contributed by atoms with Crippen molar-refractivity contribution >= 4 is 48.8 Å². The molecule has 0 bridgehead atoms. The number of hydrogen-bond acceptors (Lipinski definition) is 5. The predicted octanol–water partition coefficient (Wildman–Crippen LogP) is 5.16. The first-order valence-electron chi connectivity index (χ1n) is 11.2. The van der Waals surface area contributed by atoms with Crippen LogP contribution in [0.4, 0.5) is 5.69 Å². The lowest BCUT2D eigenvalue weighted by atomic mass is 10.0. The highest BCUT2D eigenvalue weighted by Crippen LogP contribution is 2.33. The number of ether oxygens (including phenoxy) is 1. The number of fused-ring (bicyclic) bond motifs is 1. The van der Waals surface area contributed by atoms with E-state index in [9.17, 15) is 4.79 Å². The van der Waals surface area contributed by atoms with Gasteiger partial charge in [0, 0.05) is 63.5 Å². The summed E-state index contributed by atoms with van der Waals surface area (Å²) in [5, 5.41) is 0. The minimum Gasteiger partial charge on any atom is -0.493 e. The lowest BCUT2D eigenvalue weighted by Crippen LogP contribution is -2.31. The van der Waals surface area contributed by atoms with Crippen molar-refractivity contribution in [1.82, 2.24) is 14.9 Å². The van der Waals surface area contributed by atoms with Crippen LogP contribution in [0.3, 0.4) is 0 Å². The van der Waals surface area contributed by atoms with Crippen LogP contribution in [-0.2, 0) is 24.2 Å². The van der Waals surface area contributed by atoms with Crippen LogP contribution >= 0.6 is 37.2 Å². The first kappa shape index (κ1) is 30.7. The molecule has 0 atom stereocenters. The highest BCUT2D eigenvalue weighted by molar-refractivity contribution is 5.96. The van der Waals surface area contributed by atoms with Crippen LogP contribution in [0.2, 0.25) is 0 Å². The maximum atomic E-state index is 12.0. The molecule has 1 amide bonds. The molecule has 190 valence electrons. The fourth-order valence-electron chi connectivity index (χ4n) is 4.11. The van der Waals surface area contributed by atoms with Crippen molar-refractivity contribution in [2.45, 2.75) is 32.2 Å². The Morgan fingerprint density at radius 3 is 2.46 bits per heavy atom. The average molecular weight is 540 g/mol. The van der Waals surface area contributed by atoms with Crippen LogP contribution < -0.4 is 9.64 Å². The van der Waals surface area contributed by atoms with Crippen molar-refractivity contribution in [2.75, 3.05) is 31.6 Å². The van der Waals surface area contributed by atoms with Gasteiger partial charge in [-0.05, 0) is 60.7 Å². The third-order valence-electron chi connectivity index (χ3n) is 5.90. The molecule has 0 unspecified atom stereocenters. The first-order valence-corrected chi connectivity index (χ1v) is 11.2. The first-order chi connectivity index (χ1) is 15.7. The van der Waals surface area contributed by atoms with Gasteiger partial charge in [0.2, 0.25) is 5.91 Å². The van der Waals surface area contributed by atoms with Crippen LogP contribution in [0, 0.1) is 0 Å². The van der Waals surface area contributed by atoms with Crippen molar-refractivity contribution < 1.29 is 9.53 Å². The zero-order valence-corrected chi connectivity index (χ0v) is 22.3. The number of carbonyl (C=O) groups excluding carboxylic acids is 1. The Hall–Kier alpha value is -2.38. The summed E-state index contributed by atoms with van der Waals surface area (Å²) in [7, 11) is 1.84. The molecular formula is C26H33Cl3N4O2. The largest absolute Gasteiger partial charge is 0.493 e. The lowest BCUT2D eigenvalue weighted by Gasteiger charge is -2.27. The summed E-state index contributed by atoms with van der Waals surface area (Å²) in [6.45, 7) is 3.43. The van der Waals surface area contributed by atoms with E-state index in [1.165, 1.54) is 11.1 Å². The molecule has 2 aromatic heterocycles. The van der Waals surface area contributed by atoms with Gasteiger partial charge in [-0.3, -0.25) is 19.7 Å². The molecule has 1 aromatic carbocycles. The number of hydrogen-bond donors (Lipinski definition) is 0. The zero-order valence-electron chi connectivity index (χ0n) is 19.8. The third-order valence-corrected chi connectivity index (χ3v) is 5.90. The fourth-order valence-corrected chi connectivity index (χ4v) is 4.11. The normalized spacial score (nSPS) is 12.2. The van der Waals surface area contributed by atoms with E-state index >= 15 is 0 Å². The number of anilines is 1. The van der Waals surface area contributed by atoms with Crippen molar-refractivity contribution in [3.63, 3.8) is 0 Å². The second-order valence-electron chi connectivity index (χ2n) is 8.15. The molecule has 1 aliphatic rings. The molecule has 0 saturated heterocycles. The van der Waals surface area contributed by atoms with Crippen LogP contribution in [0.15, 0.2) is 67.3 Å². The molecule has 0 aliphatic carbocycles. The minimum absolute atomic E-state index is 0. The van der Waals surface area contributed by atoms with Gasteiger partial charge in [0.05, 0.1) is 12.3 Å². The molecule has 1 aliphatic heterocycles. The molecule has 4 rings (SSSR count). The van der Waals surface area contributed by atoms with Gasteiger partial charge in [0.15, 0.2) is 0 Å². The van der Waals surface area contributed by atoms with Crippen LogP contribution in [0.1, 0.15) is 29.5 Å². The molecule has 0 N–H and O–H groups in total. The van der Waals surface area contributed by atoms with E-state index in [4.69, 9.17) is 4.74 Å². The number of rotatable bonds is 10. The van der Waals surface area contributed by atoms with Crippen LogP contribution in [0.5, 0.6) is 5.75 Å². The Kier molecular flexibility index (Phi) is 13.6. The number of pyridine rings is 2. The van der Waals surface area contributed by atoms with E-state index < -0.39 is 0 Å². The Bertz CT molecular complexity index is 1030. The van der Waals surface area contributed by atoms with E-state index in [-0.39, 0.29) is 43.1 Å². The van der Waals surface area contributed by atoms with Gasteiger partial charge in [-0.1, -0.05) is 12.1 Å². The number of carbonyl (C=O) groups is 1. The smallest absolute Gasteiger partial charge is 0.227 e. The van der Waals surface area contributed by atoms with E-state index in [0.29, 0.717) is 13.0 Å². The summed E-state index contributed by atoms with van der Waals surface area (Å²) in [6, 6.07) is 14.2. The van der Waals surface area contributed by atoms with Crippen LogP contribution in [0.25, 0.3) is 0 Å². The number of nitrogens with zero attached hydrogens (tertiary/aromatic N) is 4. The van der Waals surface area contributed by atoms with E-state index in [2.05, 4.69) is 33.1 Å². The summed E-state index contributed by atoms with van der Waals surface area (Å²) in [5.74, 6) is 1.06. The molecule has 3 heterocycles. The van der Waals surface area contributed by atoms with Gasteiger partial charge >= 0.3 is 0 Å². The standard InChI is InChI=1S/C26H30N4O2.3ClH/c1-29-24-6-2-7-25(23(24)8-9-26(29)31)32-18-4-16-30(20-22-10-14-27-15-11-22)17-12-21-5-3-13-28-19-21;;;/h2-3,5-7,10-11,13-15,19H,4,8-9,12,16-18,20H2,1H3;3*1H. The highest BCUT2D eigenvalue weighted by atomic mass is 35.5. The predicted molar refractivity (Wildman–Crippen MR) is 147 cm³/mol. The summed E-state index contributed by atoms with van der Waals surface area (Å²) in [6.07, 6.45) is 10.6. The quantitative estimate of drug-likeness (QED) is 0.333. The van der Waals surface area contributed by atoms with Crippen molar-refractivity contribution in [3.8, 4) is 5.75 Å². The Balaban J connectivity index is 0.00000204. The van der Waals surface area contributed by atoms with Gasteiger partial charge in [-0.15, -0.1) is 37.2 Å². The molecule has 9 heteroatoms. The topological polar surface area (TPSA) is 58.6 Å². The third kappa shape index (κ3) is 8.65. The molecule has 0 radical (unpaired) electrons. The van der Waals surface area contributed by atoms with Crippen LogP contribution in [-0.4, -0.2) is 47.5 Å². The van der Waals surface area contributed by atoms with Gasteiger partial charge in [0.1, 0.15) is 5.75 Å². The molecule has 35 heavy (non-hydrogen) atoms. The molecule has 3 aromatic rings. The molecule has 0 fully saturated rings. The Labute approximate surface area is 226 Å². The van der Waals surface area contributed by atoms with E-state index in [1.807, 2.05) is 56.1 Å². The summed E-state index contributed by atoms with van der Waals surface area (Å²) < 4.78 is 6.17. The SMILES string of the molecule is CN1C(=O)CCc2c(OCCCN(CCc3cccnc3)Cc3ccncc3)cccc21.Cl.Cl.Cl. The van der Waals surface area contributed by atoms with Gasteiger partial charge < -0.3 is 9.64 Å². The molecule has 6 nitrogen and oxygen atoms in total.